The van der Waals surface area contributed by atoms with E-state index in [9.17, 15) is 34.2 Å². The smallest absolute Gasteiger partial charge is 0.235 e. The average Bonchev–Trinajstić information content (AvgIpc) is 2.86. The van der Waals surface area contributed by atoms with E-state index < -0.39 is 64.4 Å². The fourth-order valence-electron chi connectivity index (χ4n) is 6.50. The number of likely N-dealkylation sites (N-methyl/N-ethyl adjacent to an activating group) is 1. The van der Waals surface area contributed by atoms with Crippen LogP contribution in [-0.2, 0) is 25.6 Å². The van der Waals surface area contributed by atoms with Crippen molar-refractivity contribution in [3.63, 3.8) is 0 Å². The summed E-state index contributed by atoms with van der Waals surface area (Å²) in [6.07, 6.45) is 0.155. The Labute approximate surface area is 225 Å². The monoisotopic (exact) mass is 528 g/mol. The highest BCUT2D eigenvalue weighted by molar-refractivity contribution is 6.32. The number of hydrogen-bond donors (Lipinski definition) is 3. The minimum atomic E-state index is -2.74. The molecule has 0 saturated heterocycles. The van der Waals surface area contributed by atoms with Crippen LogP contribution in [0, 0.1) is 42.4 Å². The van der Waals surface area contributed by atoms with E-state index in [0.29, 0.717) is 11.1 Å². The Morgan fingerprint density at radius 3 is 2.31 bits per heavy atom. The number of primary amides is 1. The summed E-state index contributed by atoms with van der Waals surface area (Å²) in [5, 5.41) is 22.3. The van der Waals surface area contributed by atoms with Crippen molar-refractivity contribution in [1.82, 2.24) is 4.90 Å². The second-order valence-corrected chi connectivity index (χ2v) is 10.9. The standard InChI is InChI=1S/C30H28N2O7/c1-14-4-6-15(7-5-14)8-9-16-10-11-20(33)22-18(16)12-17-13-19-24(32(2)3)26(35)23(29(31)38)28(37)30(19,39)27(36)21(17)25(22)34/h4-7,10-11,17,19,21,23-24,33,39H,12-13H2,1-3H3,(H2,31,38)/t17-,19-,21?,23?,24-,30-/m0/s1. The van der Waals surface area contributed by atoms with Gasteiger partial charge >= 0.3 is 0 Å². The van der Waals surface area contributed by atoms with E-state index >= 15 is 0 Å². The van der Waals surface area contributed by atoms with Gasteiger partial charge in [-0.1, -0.05) is 29.5 Å². The first-order chi connectivity index (χ1) is 18.4. The Morgan fingerprint density at radius 2 is 1.69 bits per heavy atom. The number of rotatable bonds is 2. The van der Waals surface area contributed by atoms with Crippen LogP contribution in [0.2, 0.25) is 0 Å². The number of hydrogen-bond acceptors (Lipinski definition) is 8. The molecule has 2 aromatic carbocycles. The lowest BCUT2D eigenvalue weighted by Gasteiger charge is -2.52. The maximum Gasteiger partial charge on any atom is 0.235 e. The summed E-state index contributed by atoms with van der Waals surface area (Å²) in [5.41, 5.74) is 5.36. The lowest BCUT2D eigenvalue weighted by molar-refractivity contribution is -0.181. The van der Waals surface area contributed by atoms with Crippen LogP contribution in [0.1, 0.15) is 39.0 Å². The van der Waals surface area contributed by atoms with E-state index in [1.165, 1.54) is 11.0 Å². The highest BCUT2D eigenvalue weighted by atomic mass is 16.3. The number of benzene rings is 2. The van der Waals surface area contributed by atoms with Crippen LogP contribution < -0.4 is 5.73 Å². The number of aromatic hydroxyl groups is 1. The number of ketones is 4. The zero-order valence-corrected chi connectivity index (χ0v) is 21.7. The number of aryl methyl sites for hydroxylation is 1. The van der Waals surface area contributed by atoms with Gasteiger partial charge in [0.2, 0.25) is 5.91 Å². The van der Waals surface area contributed by atoms with Gasteiger partial charge in [0, 0.05) is 17.0 Å². The number of fused-ring (bicyclic) bond motifs is 3. The summed E-state index contributed by atoms with van der Waals surface area (Å²) in [7, 11) is 3.09. The highest BCUT2D eigenvalue weighted by Crippen LogP contribution is 2.50. The Hall–Kier alpha value is -4.13. The Kier molecular flexibility index (Phi) is 6.29. The van der Waals surface area contributed by atoms with Crippen LogP contribution in [0.25, 0.3) is 0 Å². The summed E-state index contributed by atoms with van der Waals surface area (Å²) in [5.74, 6) is -4.56. The largest absolute Gasteiger partial charge is 0.507 e. The Bertz CT molecular complexity index is 1510. The summed E-state index contributed by atoms with van der Waals surface area (Å²) < 4.78 is 0. The van der Waals surface area contributed by atoms with Crippen molar-refractivity contribution in [2.75, 3.05) is 14.1 Å². The number of nitrogens with two attached hydrogens (primary N) is 1. The molecule has 0 aliphatic heterocycles. The molecule has 0 radical (unpaired) electrons. The third-order valence-corrected chi connectivity index (χ3v) is 8.34. The van der Waals surface area contributed by atoms with E-state index in [4.69, 9.17) is 5.73 Å². The number of nitrogens with zero attached hydrogens (tertiary/aromatic N) is 1. The predicted molar refractivity (Wildman–Crippen MR) is 139 cm³/mol. The molecule has 9 nitrogen and oxygen atoms in total. The lowest BCUT2D eigenvalue weighted by atomic mass is 9.52. The topological polar surface area (TPSA) is 155 Å². The minimum absolute atomic E-state index is 0.00954. The van der Waals surface area contributed by atoms with E-state index in [1.54, 1.807) is 20.2 Å². The first kappa shape index (κ1) is 26.5. The number of phenols is 1. The molecule has 200 valence electrons. The van der Waals surface area contributed by atoms with Crippen LogP contribution in [0.5, 0.6) is 5.75 Å². The molecule has 2 aromatic rings. The molecule has 0 aromatic heterocycles. The summed E-state index contributed by atoms with van der Waals surface area (Å²) in [4.78, 5) is 67.6. The summed E-state index contributed by atoms with van der Waals surface area (Å²) in [6.45, 7) is 1.96. The molecular formula is C30H28N2O7. The number of aliphatic hydroxyl groups is 1. The van der Waals surface area contributed by atoms with Crippen LogP contribution in [0.3, 0.4) is 0 Å². The first-order valence-corrected chi connectivity index (χ1v) is 12.7. The number of carbonyl (C=O) groups excluding carboxylic acids is 5. The molecule has 2 unspecified atom stereocenters. The molecule has 5 rings (SSSR count). The zero-order valence-electron chi connectivity index (χ0n) is 21.7. The number of phenolic OH excluding ortho intramolecular Hbond substituents is 1. The van der Waals surface area contributed by atoms with Gasteiger partial charge in [0.1, 0.15) is 5.75 Å². The Balaban J connectivity index is 1.61. The summed E-state index contributed by atoms with van der Waals surface area (Å²) >= 11 is 0. The molecular weight excluding hydrogens is 500 g/mol. The van der Waals surface area contributed by atoms with Gasteiger partial charge in [-0.15, -0.1) is 0 Å². The number of Topliss-reactive ketones (excluding diaryl/α,β-unsaturated/α-hetero) is 4. The van der Waals surface area contributed by atoms with Crippen molar-refractivity contribution in [3.8, 4) is 17.6 Å². The number of amides is 1. The molecule has 39 heavy (non-hydrogen) atoms. The minimum Gasteiger partial charge on any atom is -0.507 e. The third-order valence-electron chi connectivity index (χ3n) is 8.34. The SMILES string of the molecule is Cc1ccc(C#Cc2ccc(O)c3c2C[C@H]2C[C@H]4[C@H](N(C)C)C(=O)C(C(N)=O)C(=O)[C@@]4(O)C(=O)C2C3=O)cc1. The van der Waals surface area contributed by atoms with Crippen LogP contribution >= 0.6 is 0 Å². The van der Waals surface area contributed by atoms with Crippen molar-refractivity contribution in [2.24, 2.45) is 29.4 Å². The van der Waals surface area contributed by atoms with Crippen molar-refractivity contribution in [3.05, 3.63) is 64.2 Å². The van der Waals surface area contributed by atoms with Gasteiger partial charge in [-0.3, -0.25) is 28.9 Å². The van der Waals surface area contributed by atoms with Gasteiger partial charge in [-0.2, -0.15) is 0 Å². The van der Waals surface area contributed by atoms with E-state index in [2.05, 4.69) is 11.8 Å². The second kappa shape index (κ2) is 9.26. The van der Waals surface area contributed by atoms with Crippen molar-refractivity contribution in [2.45, 2.75) is 31.4 Å². The van der Waals surface area contributed by atoms with Crippen LogP contribution in [0.4, 0.5) is 0 Å². The van der Waals surface area contributed by atoms with E-state index in [0.717, 1.165) is 11.1 Å². The van der Waals surface area contributed by atoms with E-state index in [1.807, 2.05) is 31.2 Å². The molecule has 3 aliphatic carbocycles. The lowest BCUT2D eigenvalue weighted by Crippen LogP contribution is -2.74. The van der Waals surface area contributed by atoms with Gasteiger partial charge in [0.25, 0.3) is 0 Å². The molecule has 2 saturated carbocycles. The molecule has 9 heteroatoms. The van der Waals surface area contributed by atoms with Gasteiger partial charge in [0.15, 0.2) is 34.7 Å². The fourth-order valence-corrected chi connectivity index (χ4v) is 6.50. The van der Waals surface area contributed by atoms with Gasteiger partial charge in [-0.25, -0.2) is 0 Å². The van der Waals surface area contributed by atoms with E-state index in [-0.39, 0.29) is 24.2 Å². The van der Waals surface area contributed by atoms with Crippen LogP contribution in [-0.4, -0.2) is 69.9 Å². The van der Waals surface area contributed by atoms with Crippen molar-refractivity contribution < 1.29 is 34.2 Å². The first-order valence-electron chi connectivity index (χ1n) is 12.7. The third kappa shape index (κ3) is 3.90. The molecule has 3 aliphatic rings. The maximum absolute atomic E-state index is 13.8. The maximum atomic E-state index is 13.8. The van der Waals surface area contributed by atoms with Crippen LogP contribution in [0.15, 0.2) is 36.4 Å². The fraction of sp³-hybridized carbons (Fsp3) is 0.367. The molecule has 0 spiro atoms. The molecule has 0 heterocycles. The number of carbonyl (C=O) groups is 5. The Morgan fingerprint density at radius 1 is 1.03 bits per heavy atom. The van der Waals surface area contributed by atoms with Crippen molar-refractivity contribution in [1.29, 1.82) is 0 Å². The quantitative estimate of drug-likeness (QED) is 0.378. The highest BCUT2D eigenvalue weighted by Gasteiger charge is 2.69. The molecule has 0 bridgehead atoms. The summed E-state index contributed by atoms with van der Waals surface area (Å²) in [6, 6.07) is 9.39. The predicted octanol–water partition coefficient (Wildman–Crippen LogP) is 0.575. The van der Waals surface area contributed by atoms with Crippen molar-refractivity contribution >= 4 is 29.0 Å². The second-order valence-electron chi connectivity index (χ2n) is 10.9. The normalized spacial score (nSPS) is 29.7. The zero-order chi connectivity index (χ0) is 28.4. The van der Waals surface area contributed by atoms with Gasteiger partial charge in [-0.05, 0) is 69.6 Å². The molecule has 6 atom stereocenters. The van der Waals surface area contributed by atoms with Gasteiger partial charge < -0.3 is 15.9 Å². The molecule has 4 N–H and O–H groups in total. The molecule has 1 amide bonds. The van der Waals surface area contributed by atoms with Gasteiger partial charge in [0.05, 0.1) is 17.5 Å². The average molecular weight is 529 g/mol. The molecule has 2 fully saturated rings.